The summed E-state index contributed by atoms with van der Waals surface area (Å²) in [6.45, 7) is 6.64. The van der Waals surface area contributed by atoms with E-state index in [1.54, 1.807) is 6.07 Å². The van der Waals surface area contributed by atoms with Crippen LogP contribution < -0.4 is 27.7 Å². The molecule has 3 aromatic rings. The van der Waals surface area contributed by atoms with E-state index >= 15 is 0 Å². The largest absolute Gasteiger partial charge is 0.486 e. The number of hydrogen-bond donors (Lipinski definition) is 4. The van der Waals surface area contributed by atoms with E-state index in [9.17, 15) is 0 Å². The van der Waals surface area contributed by atoms with Gasteiger partial charge in [-0.3, -0.25) is 4.99 Å². The summed E-state index contributed by atoms with van der Waals surface area (Å²) in [5, 5.41) is 0. The monoisotopic (exact) mass is 450 g/mol. The molecule has 0 unspecified atom stereocenters. The molecule has 0 saturated heterocycles. The van der Waals surface area contributed by atoms with Gasteiger partial charge in [0.25, 0.3) is 0 Å². The molecule has 0 saturated carbocycles. The summed E-state index contributed by atoms with van der Waals surface area (Å²) in [4.78, 5) is 8.46. The van der Waals surface area contributed by atoms with E-state index in [0.29, 0.717) is 18.0 Å². The van der Waals surface area contributed by atoms with Crippen molar-refractivity contribution in [3.05, 3.63) is 71.3 Å². The molecule has 0 radical (unpaired) electrons. The first-order valence-corrected chi connectivity index (χ1v) is 11.1. The number of nitrogens with zero attached hydrogens (tertiary/aromatic N) is 2. The van der Waals surface area contributed by atoms with Crippen molar-refractivity contribution in [2.45, 2.75) is 46.6 Å². The van der Waals surface area contributed by atoms with Crippen LogP contribution in [0.15, 0.2) is 59.6 Å². The molecule has 0 fully saturated rings. The Morgan fingerprint density at radius 1 is 0.970 bits per heavy atom. The minimum absolute atomic E-state index is 0.172. The Hall–Kier alpha value is -3.58. The molecule has 2 aromatic carbocycles. The molecule has 8 N–H and O–H groups in total. The van der Waals surface area contributed by atoms with Gasteiger partial charge >= 0.3 is 0 Å². The number of anilines is 3. The Labute approximate surface area is 197 Å². The molecule has 33 heavy (non-hydrogen) atoms. The summed E-state index contributed by atoms with van der Waals surface area (Å²) in [7, 11) is 1.50. The summed E-state index contributed by atoms with van der Waals surface area (Å²) in [6, 6.07) is 18.0. The lowest BCUT2D eigenvalue weighted by Gasteiger charge is -2.13. The molecular formula is C26H38N6O. The molecule has 0 atom stereocenters. The quantitative estimate of drug-likeness (QED) is 0.372. The van der Waals surface area contributed by atoms with Gasteiger partial charge in [-0.1, -0.05) is 68.8 Å². The summed E-state index contributed by atoms with van der Waals surface area (Å²) < 4.78 is 5.79. The van der Waals surface area contributed by atoms with E-state index in [-0.39, 0.29) is 11.6 Å². The number of rotatable bonds is 7. The van der Waals surface area contributed by atoms with Crippen molar-refractivity contribution in [1.82, 2.24) is 4.98 Å². The number of nitrogens with two attached hydrogens (primary N) is 4. The number of hydrogen-bond acceptors (Lipinski definition) is 7. The van der Waals surface area contributed by atoms with E-state index in [4.69, 9.17) is 21.9 Å². The first kappa shape index (κ1) is 27.5. The maximum absolute atomic E-state index is 5.88. The molecule has 0 aliphatic heterocycles. The molecule has 0 aliphatic rings. The molecular weight excluding hydrogens is 412 g/mol. The van der Waals surface area contributed by atoms with Gasteiger partial charge in [0.1, 0.15) is 23.9 Å². The molecule has 7 nitrogen and oxygen atoms in total. The van der Waals surface area contributed by atoms with Crippen molar-refractivity contribution in [1.29, 1.82) is 0 Å². The number of ether oxygens (including phenoxy) is 1. The van der Waals surface area contributed by atoms with Crippen LogP contribution in [-0.2, 0) is 13.0 Å². The van der Waals surface area contributed by atoms with Crippen LogP contribution >= 0.6 is 0 Å². The predicted molar refractivity (Wildman–Crippen MR) is 142 cm³/mol. The zero-order valence-electron chi connectivity index (χ0n) is 20.2. The molecule has 7 heteroatoms. The minimum Gasteiger partial charge on any atom is -0.486 e. The lowest BCUT2D eigenvalue weighted by molar-refractivity contribution is 0.308. The van der Waals surface area contributed by atoms with Crippen LogP contribution in [0.25, 0.3) is 0 Å². The normalized spacial score (nSPS) is 10.1. The second-order valence-electron chi connectivity index (χ2n) is 7.15. The Kier molecular flexibility index (Phi) is 12.7. The number of para-hydroxylation sites is 1. The van der Waals surface area contributed by atoms with Crippen LogP contribution in [0.2, 0.25) is 0 Å². The third-order valence-electron chi connectivity index (χ3n) is 4.66. The van der Waals surface area contributed by atoms with Crippen LogP contribution in [0.3, 0.4) is 0 Å². The van der Waals surface area contributed by atoms with Crippen LogP contribution in [0.4, 0.5) is 23.0 Å². The molecule has 0 aliphatic carbocycles. The topological polar surface area (TPSA) is 139 Å². The highest BCUT2D eigenvalue weighted by molar-refractivity contribution is 5.70. The van der Waals surface area contributed by atoms with Crippen LogP contribution in [0.5, 0.6) is 5.75 Å². The fraction of sp³-hybridized carbons (Fsp3) is 0.308. The zero-order chi connectivity index (χ0) is 24.6. The number of pyridine rings is 1. The zero-order valence-corrected chi connectivity index (χ0v) is 20.2. The maximum atomic E-state index is 5.88. The van der Waals surface area contributed by atoms with Gasteiger partial charge < -0.3 is 27.7 Å². The Bertz CT molecular complexity index is 990. The molecule has 0 bridgehead atoms. The number of aliphatic imine (C=N–C) groups is 1. The maximum Gasteiger partial charge on any atom is 0.152 e. The molecule has 178 valence electrons. The van der Waals surface area contributed by atoms with Crippen molar-refractivity contribution in [2.24, 2.45) is 10.7 Å². The number of unbranched alkanes of at least 4 members (excludes halogenated alkanes) is 1. The highest BCUT2D eigenvalue weighted by Gasteiger charge is 2.10. The molecule has 1 aromatic heterocycles. The summed E-state index contributed by atoms with van der Waals surface area (Å²) >= 11 is 0. The van der Waals surface area contributed by atoms with Crippen molar-refractivity contribution in [2.75, 3.05) is 24.2 Å². The standard InChI is InChI=1S/C17H23N5O.C8H10.CH5N/c1-3-4-8-21-16-11(2)6-5-7-12(16)10-23-13-9-14(18)22-17(20)15(13)19;1-2-8-6-4-3-5-7-8;1-2/h5-9H,3-4,10,19H2,1-2H3,(H4,18,20,22);3-7H,2H2,1H3;2H2,1H3. The Morgan fingerprint density at radius 2 is 1.67 bits per heavy atom. The fourth-order valence-corrected chi connectivity index (χ4v) is 2.86. The first-order chi connectivity index (χ1) is 16.0. The van der Waals surface area contributed by atoms with Crippen molar-refractivity contribution >= 4 is 29.2 Å². The lowest BCUT2D eigenvalue weighted by atomic mass is 10.1. The summed E-state index contributed by atoms with van der Waals surface area (Å²) in [6.07, 6.45) is 5.08. The van der Waals surface area contributed by atoms with Gasteiger partial charge in [-0.2, -0.15) is 0 Å². The molecule has 0 spiro atoms. The SMILES string of the molecule is CCCC=Nc1c(C)cccc1COc1cc(N)nc(N)c1N.CCc1ccccc1.CN. The van der Waals surface area contributed by atoms with E-state index in [1.807, 2.05) is 37.4 Å². The van der Waals surface area contributed by atoms with Gasteiger partial charge in [-0.25, -0.2) is 4.98 Å². The first-order valence-electron chi connectivity index (χ1n) is 11.1. The Balaban J connectivity index is 0.000000454. The predicted octanol–water partition coefficient (Wildman–Crippen LogP) is 5.04. The highest BCUT2D eigenvalue weighted by atomic mass is 16.5. The van der Waals surface area contributed by atoms with E-state index in [1.165, 1.54) is 12.6 Å². The Morgan fingerprint density at radius 3 is 2.27 bits per heavy atom. The number of nitrogen functional groups attached to an aromatic ring is 3. The average Bonchev–Trinajstić information content (AvgIpc) is 2.84. The van der Waals surface area contributed by atoms with Gasteiger partial charge in [-0.15, -0.1) is 0 Å². The van der Waals surface area contributed by atoms with Gasteiger partial charge in [-0.05, 0) is 37.9 Å². The van der Waals surface area contributed by atoms with Gasteiger partial charge in [0.05, 0.1) is 5.69 Å². The van der Waals surface area contributed by atoms with Gasteiger partial charge in [0.2, 0.25) is 0 Å². The van der Waals surface area contributed by atoms with Gasteiger partial charge in [0.15, 0.2) is 5.82 Å². The minimum atomic E-state index is 0.172. The van der Waals surface area contributed by atoms with Crippen molar-refractivity contribution in [3.63, 3.8) is 0 Å². The molecule has 1 heterocycles. The summed E-state index contributed by atoms with van der Waals surface area (Å²) in [5.41, 5.74) is 26.5. The second kappa shape index (κ2) is 15.3. The van der Waals surface area contributed by atoms with Crippen molar-refractivity contribution in [3.8, 4) is 5.75 Å². The number of aryl methyl sites for hydroxylation is 2. The summed E-state index contributed by atoms with van der Waals surface area (Å²) in [5.74, 6) is 0.877. The second-order valence-corrected chi connectivity index (χ2v) is 7.15. The van der Waals surface area contributed by atoms with Crippen LogP contribution in [-0.4, -0.2) is 18.2 Å². The highest BCUT2D eigenvalue weighted by Crippen LogP contribution is 2.30. The third kappa shape index (κ3) is 9.21. The van der Waals surface area contributed by atoms with E-state index < -0.39 is 0 Å². The van der Waals surface area contributed by atoms with Crippen molar-refractivity contribution < 1.29 is 4.74 Å². The van der Waals surface area contributed by atoms with E-state index in [2.05, 4.69) is 53.8 Å². The van der Waals surface area contributed by atoms with Gasteiger partial charge in [0, 0.05) is 17.8 Å². The molecule has 0 amide bonds. The average molecular weight is 451 g/mol. The fourth-order valence-electron chi connectivity index (χ4n) is 2.86. The van der Waals surface area contributed by atoms with E-state index in [0.717, 1.165) is 36.1 Å². The van der Waals surface area contributed by atoms with Crippen LogP contribution in [0.1, 0.15) is 43.4 Å². The number of benzene rings is 2. The van der Waals surface area contributed by atoms with Crippen LogP contribution in [0, 0.1) is 6.92 Å². The smallest absolute Gasteiger partial charge is 0.152 e. The lowest BCUT2D eigenvalue weighted by Crippen LogP contribution is -2.05. The molecule has 3 rings (SSSR count). The third-order valence-corrected chi connectivity index (χ3v) is 4.66. The number of aromatic nitrogens is 1.